The molecule has 3 rings (SSSR count). The van der Waals surface area contributed by atoms with Gasteiger partial charge in [0.05, 0.1) is 17.8 Å². The Balaban J connectivity index is 1.80. The summed E-state index contributed by atoms with van der Waals surface area (Å²) in [6, 6.07) is 11.5. The van der Waals surface area contributed by atoms with Crippen molar-refractivity contribution >= 4 is 23.2 Å². The van der Waals surface area contributed by atoms with Gasteiger partial charge < -0.3 is 15.4 Å². The predicted octanol–water partition coefficient (Wildman–Crippen LogP) is 2.34. The van der Waals surface area contributed by atoms with Gasteiger partial charge in [-0.05, 0) is 5.56 Å². The van der Waals surface area contributed by atoms with E-state index in [1.165, 1.54) is 6.07 Å². The molecule has 6 heteroatoms. The number of benzene rings is 2. The van der Waals surface area contributed by atoms with Gasteiger partial charge in [0.1, 0.15) is 5.82 Å². The van der Waals surface area contributed by atoms with Gasteiger partial charge in [-0.2, -0.15) is 0 Å². The van der Waals surface area contributed by atoms with Crippen molar-refractivity contribution in [2.75, 3.05) is 17.2 Å². The summed E-state index contributed by atoms with van der Waals surface area (Å²) in [5.74, 6) is -0.957. The van der Waals surface area contributed by atoms with Crippen LogP contribution in [0.15, 0.2) is 42.5 Å². The molecule has 22 heavy (non-hydrogen) atoms. The molecule has 1 aliphatic rings. The largest absolute Gasteiger partial charge is 0.479 e. The van der Waals surface area contributed by atoms with Gasteiger partial charge >= 0.3 is 0 Å². The number of hydrogen-bond donors (Lipinski definition) is 2. The Morgan fingerprint density at radius 1 is 1.27 bits per heavy atom. The van der Waals surface area contributed by atoms with Gasteiger partial charge in [0.15, 0.2) is 12.4 Å². The Kier molecular flexibility index (Phi) is 3.74. The first-order valence-electron chi connectivity index (χ1n) is 6.72. The van der Waals surface area contributed by atoms with Gasteiger partial charge in [0, 0.05) is 12.1 Å². The average Bonchev–Trinajstić information content (AvgIpc) is 2.47. The lowest BCUT2D eigenvalue weighted by molar-refractivity contribution is -0.118. The number of halogens is 1. The maximum atomic E-state index is 13.6. The Morgan fingerprint density at radius 2 is 2.05 bits per heavy atom. The minimum Gasteiger partial charge on any atom is -0.479 e. The summed E-state index contributed by atoms with van der Waals surface area (Å²) in [7, 11) is 0. The molecule has 0 bridgehead atoms. The van der Waals surface area contributed by atoms with E-state index in [9.17, 15) is 14.0 Å². The number of rotatable bonds is 3. The van der Waals surface area contributed by atoms with Crippen molar-refractivity contribution in [1.29, 1.82) is 0 Å². The van der Waals surface area contributed by atoms with Gasteiger partial charge in [-0.3, -0.25) is 9.59 Å². The Bertz CT molecular complexity index is 732. The van der Waals surface area contributed by atoms with Crippen LogP contribution < -0.4 is 15.4 Å². The van der Waals surface area contributed by atoms with E-state index in [1.807, 2.05) is 30.3 Å². The van der Waals surface area contributed by atoms with E-state index in [4.69, 9.17) is 4.74 Å². The van der Waals surface area contributed by atoms with Gasteiger partial charge in [-0.15, -0.1) is 0 Å². The monoisotopic (exact) mass is 300 g/mol. The fourth-order valence-electron chi connectivity index (χ4n) is 2.23. The highest BCUT2D eigenvalue weighted by atomic mass is 19.1. The summed E-state index contributed by atoms with van der Waals surface area (Å²) in [6.07, 6.45) is 0.165. The molecule has 0 unspecified atom stereocenters. The molecule has 0 radical (unpaired) electrons. The predicted molar refractivity (Wildman–Crippen MR) is 79.3 cm³/mol. The Labute approximate surface area is 126 Å². The lowest BCUT2D eigenvalue weighted by Gasteiger charge is -2.21. The molecule has 0 saturated heterocycles. The molecule has 0 spiro atoms. The van der Waals surface area contributed by atoms with Crippen molar-refractivity contribution in [3.8, 4) is 5.75 Å². The normalized spacial score (nSPS) is 12.9. The van der Waals surface area contributed by atoms with Crippen LogP contribution in [-0.4, -0.2) is 18.4 Å². The first-order valence-corrected chi connectivity index (χ1v) is 6.72. The zero-order valence-corrected chi connectivity index (χ0v) is 11.6. The van der Waals surface area contributed by atoms with Crippen LogP contribution >= 0.6 is 0 Å². The van der Waals surface area contributed by atoms with Crippen LogP contribution in [0.4, 0.5) is 15.8 Å². The number of fused-ring (bicyclic) bond motifs is 1. The number of anilines is 2. The van der Waals surface area contributed by atoms with Gasteiger partial charge in [0.2, 0.25) is 5.91 Å². The highest BCUT2D eigenvalue weighted by molar-refractivity contribution is 6.00. The molecule has 1 heterocycles. The third-order valence-electron chi connectivity index (χ3n) is 3.16. The van der Waals surface area contributed by atoms with Crippen LogP contribution in [0.1, 0.15) is 5.56 Å². The summed E-state index contributed by atoms with van der Waals surface area (Å²) in [6.45, 7) is -0.166. The average molecular weight is 300 g/mol. The van der Waals surface area contributed by atoms with Crippen LogP contribution in [0.25, 0.3) is 0 Å². The van der Waals surface area contributed by atoms with Gasteiger partial charge in [0.25, 0.3) is 5.91 Å². The summed E-state index contributed by atoms with van der Waals surface area (Å²) >= 11 is 0. The second-order valence-electron chi connectivity index (χ2n) is 4.88. The number of amides is 2. The number of hydrogen-bond acceptors (Lipinski definition) is 3. The minimum atomic E-state index is -0.570. The molecule has 0 atom stereocenters. The van der Waals surface area contributed by atoms with E-state index in [0.29, 0.717) is 0 Å². The van der Waals surface area contributed by atoms with E-state index in [0.717, 1.165) is 11.6 Å². The maximum absolute atomic E-state index is 13.6. The van der Waals surface area contributed by atoms with Crippen LogP contribution in [0.2, 0.25) is 0 Å². The molecular weight excluding hydrogens is 287 g/mol. The summed E-state index contributed by atoms with van der Waals surface area (Å²) in [4.78, 5) is 23.3. The van der Waals surface area contributed by atoms with Gasteiger partial charge in [-0.25, -0.2) is 4.39 Å². The Hall–Kier alpha value is -2.89. The molecule has 2 amide bonds. The number of carbonyl (C=O) groups is 2. The topological polar surface area (TPSA) is 67.4 Å². The van der Waals surface area contributed by atoms with Crippen molar-refractivity contribution in [2.24, 2.45) is 0 Å². The summed E-state index contributed by atoms with van der Waals surface area (Å²) in [5.41, 5.74) is 1.27. The minimum absolute atomic E-state index is 0.165. The van der Waals surface area contributed by atoms with Crippen LogP contribution in [0.5, 0.6) is 5.75 Å². The number of ether oxygens (including phenoxy) is 1. The smallest absolute Gasteiger partial charge is 0.262 e. The maximum Gasteiger partial charge on any atom is 0.262 e. The van der Waals surface area contributed by atoms with Crippen molar-refractivity contribution < 1.29 is 18.7 Å². The van der Waals surface area contributed by atoms with Gasteiger partial charge in [-0.1, -0.05) is 30.3 Å². The summed E-state index contributed by atoms with van der Waals surface area (Å²) in [5, 5.41) is 5.13. The molecule has 2 aromatic rings. The number of nitrogens with one attached hydrogen (secondary N) is 2. The highest BCUT2D eigenvalue weighted by Crippen LogP contribution is 2.36. The number of carbonyl (C=O) groups excluding carboxylic acids is 2. The van der Waals surface area contributed by atoms with E-state index < -0.39 is 5.82 Å². The van der Waals surface area contributed by atoms with Crippen LogP contribution in [0.3, 0.4) is 0 Å². The third kappa shape index (κ3) is 3.06. The Morgan fingerprint density at radius 3 is 2.82 bits per heavy atom. The third-order valence-corrected chi connectivity index (χ3v) is 3.16. The zero-order chi connectivity index (χ0) is 15.5. The van der Waals surface area contributed by atoms with Crippen molar-refractivity contribution in [1.82, 2.24) is 0 Å². The SMILES string of the molecule is O=C1COc2c(cc(F)cc2NC(=O)Cc2ccccc2)N1. The molecule has 0 aliphatic carbocycles. The van der Waals surface area contributed by atoms with E-state index in [2.05, 4.69) is 10.6 Å². The van der Waals surface area contributed by atoms with Crippen molar-refractivity contribution in [3.63, 3.8) is 0 Å². The fraction of sp³-hybridized carbons (Fsp3) is 0.125. The van der Waals surface area contributed by atoms with E-state index in [-0.39, 0.29) is 42.0 Å². The van der Waals surface area contributed by atoms with Crippen LogP contribution in [0, 0.1) is 5.82 Å². The van der Waals surface area contributed by atoms with E-state index in [1.54, 1.807) is 0 Å². The molecule has 2 aromatic carbocycles. The second kappa shape index (κ2) is 5.85. The quantitative estimate of drug-likeness (QED) is 0.914. The second-order valence-corrected chi connectivity index (χ2v) is 4.88. The zero-order valence-electron chi connectivity index (χ0n) is 11.6. The summed E-state index contributed by atoms with van der Waals surface area (Å²) < 4.78 is 18.9. The first kappa shape index (κ1) is 14.1. The highest BCUT2D eigenvalue weighted by Gasteiger charge is 2.21. The molecule has 0 aromatic heterocycles. The molecule has 1 aliphatic heterocycles. The lowest BCUT2D eigenvalue weighted by atomic mass is 10.1. The molecule has 5 nitrogen and oxygen atoms in total. The lowest BCUT2D eigenvalue weighted by Crippen LogP contribution is -2.26. The molecule has 0 saturated carbocycles. The molecule has 0 fully saturated rings. The van der Waals surface area contributed by atoms with E-state index >= 15 is 0 Å². The van der Waals surface area contributed by atoms with Crippen molar-refractivity contribution in [3.05, 3.63) is 53.8 Å². The first-order chi connectivity index (χ1) is 10.6. The van der Waals surface area contributed by atoms with Crippen molar-refractivity contribution in [2.45, 2.75) is 6.42 Å². The standard InChI is InChI=1S/C16H13FN2O3/c17-11-7-12(16-13(8-11)19-15(21)9-22-16)18-14(20)6-10-4-2-1-3-5-10/h1-5,7-8H,6,9H2,(H,18,20)(H,19,21). The van der Waals surface area contributed by atoms with Crippen LogP contribution in [-0.2, 0) is 16.0 Å². The fourth-order valence-corrected chi connectivity index (χ4v) is 2.23. The molecule has 112 valence electrons. The molecule has 2 N–H and O–H groups in total. The molecular formula is C16H13FN2O3.